The molecule has 0 saturated carbocycles. The van der Waals surface area contributed by atoms with Crippen LogP contribution in [0.25, 0.3) is 22.3 Å². The van der Waals surface area contributed by atoms with Gasteiger partial charge < -0.3 is 15.5 Å². The maximum absolute atomic E-state index is 12.1. The summed E-state index contributed by atoms with van der Waals surface area (Å²) in [4.78, 5) is 19.4. The van der Waals surface area contributed by atoms with Gasteiger partial charge in [0.2, 0.25) is 0 Å². The fourth-order valence-electron chi connectivity index (χ4n) is 2.21. The Labute approximate surface area is 127 Å². The lowest BCUT2D eigenvalue weighted by Crippen LogP contribution is -2.09. The van der Waals surface area contributed by atoms with Gasteiger partial charge in [0.1, 0.15) is 11.6 Å². The van der Waals surface area contributed by atoms with Gasteiger partial charge in [-0.25, -0.2) is 4.98 Å². The standard InChI is InChI=1S/C17H17N3O2/c18-10-3-11-22-13-8-6-12(7-9-13)16-19-15-5-2-1-4-14(15)17(21)20-16/h1-2,4-9H,3,10-11,18H2,(H,19,20,21). The Kier molecular flexibility index (Phi) is 4.16. The van der Waals surface area contributed by atoms with E-state index in [0.717, 1.165) is 17.7 Å². The highest BCUT2D eigenvalue weighted by atomic mass is 16.5. The van der Waals surface area contributed by atoms with Crippen LogP contribution in [0.3, 0.4) is 0 Å². The highest BCUT2D eigenvalue weighted by Crippen LogP contribution is 2.20. The van der Waals surface area contributed by atoms with Crippen molar-refractivity contribution in [1.82, 2.24) is 9.97 Å². The molecule has 0 aliphatic heterocycles. The van der Waals surface area contributed by atoms with E-state index in [1.165, 1.54) is 0 Å². The first kappa shape index (κ1) is 14.3. The van der Waals surface area contributed by atoms with Crippen molar-refractivity contribution in [3.63, 3.8) is 0 Å². The number of nitrogens with two attached hydrogens (primary N) is 1. The number of hydrogen-bond donors (Lipinski definition) is 2. The minimum atomic E-state index is -0.135. The molecule has 0 bridgehead atoms. The minimum Gasteiger partial charge on any atom is -0.494 e. The molecular weight excluding hydrogens is 278 g/mol. The molecular formula is C17H17N3O2. The molecule has 0 unspecified atom stereocenters. The van der Waals surface area contributed by atoms with Gasteiger partial charge >= 0.3 is 0 Å². The average Bonchev–Trinajstić information content (AvgIpc) is 2.56. The number of fused-ring (bicyclic) bond motifs is 1. The Morgan fingerprint density at radius 2 is 1.86 bits per heavy atom. The average molecular weight is 295 g/mol. The predicted octanol–water partition coefficient (Wildman–Crippen LogP) is 2.32. The largest absolute Gasteiger partial charge is 0.494 e. The number of nitrogens with zero attached hydrogens (tertiary/aromatic N) is 1. The zero-order valence-electron chi connectivity index (χ0n) is 12.1. The third-order valence-corrected chi connectivity index (χ3v) is 3.36. The number of benzene rings is 2. The molecule has 0 saturated heterocycles. The summed E-state index contributed by atoms with van der Waals surface area (Å²) in [6, 6.07) is 14.8. The summed E-state index contributed by atoms with van der Waals surface area (Å²) in [5.74, 6) is 1.33. The van der Waals surface area contributed by atoms with Gasteiger partial charge in [0, 0.05) is 5.56 Å². The zero-order valence-corrected chi connectivity index (χ0v) is 12.1. The molecule has 0 atom stereocenters. The smallest absolute Gasteiger partial charge is 0.259 e. The first-order valence-corrected chi connectivity index (χ1v) is 7.20. The second-order valence-corrected chi connectivity index (χ2v) is 4.95. The van der Waals surface area contributed by atoms with Crippen molar-refractivity contribution in [3.05, 3.63) is 58.9 Å². The molecule has 5 nitrogen and oxygen atoms in total. The molecule has 0 amide bonds. The van der Waals surface area contributed by atoms with Crippen molar-refractivity contribution >= 4 is 10.9 Å². The van der Waals surface area contributed by atoms with Crippen LogP contribution in [0.1, 0.15) is 6.42 Å². The number of ether oxygens (including phenoxy) is 1. The highest BCUT2D eigenvalue weighted by Gasteiger charge is 2.05. The van der Waals surface area contributed by atoms with Crippen LogP contribution in [0.15, 0.2) is 53.3 Å². The van der Waals surface area contributed by atoms with Crippen molar-refractivity contribution in [1.29, 1.82) is 0 Å². The lowest BCUT2D eigenvalue weighted by atomic mass is 10.2. The van der Waals surface area contributed by atoms with Crippen LogP contribution in [0.2, 0.25) is 0 Å². The molecule has 0 aliphatic rings. The number of hydrogen-bond acceptors (Lipinski definition) is 4. The maximum Gasteiger partial charge on any atom is 0.259 e. The van der Waals surface area contributed by atoms with E-state index in [2.05, 4.69) is 9.97 Å². The SMILES string of the molecule is NCCCOc1ccc(-c2nc3ccccc3c(=O)[nH]2)cc1. The summed E-state index contributed by atoms with van der Waals surface area (Å²) in [6.07, 6.45) is 0.821. The number of aromatic nitrogens is 2. The molecule has 112 valence electrons. The van der Waals surface area contributed by atoms with Crippen LogP contribution in [0.5, 0.6) is 5.75 Å². The fraction of sp³-hybridized carbons (Fsp3) is 0.176. The Morgan fingerprint density at radius 3 is 2.64 bits per heavy atom. The van der Waals surface area contributed by atoms with Gasteiger partial charge in [0.15, 0.2) is 0 Å². The van der Waals surface area contributed by atoms with Gasteiger partial charge in [-0.2, -0.15) is 0 Å². The van der Waals surface area contributed by atoms with Gasteiger partial charge in [-0.15, -0.1) is 0 Å². The maximum atomic E-state index is 12.1. The van der Waals surface area contributed by atoms with E-state index in [1.54, 1.807) is 6.07 Å². The Hall–Kier alpha value is -2.66. The summed E-state index contributed by atoms with van der Waals surface area (Å²) in [5.41, 5.74) is 6.82. The molecule has 3 N–H and O–H groups in total. The molecule has 0 aliphatic carbocycles. The Morgan fingerprint density at radius 1 is 1.09 bits per heavy atom. The summed E-state index contributed by atoms with van der Waals surface area (Å²) < 4.78 is 5.56. The molecule has 0 radical (unpaired) electrons. The number of aromatic amines is 1. The van der Waals surface area contributed by atoms with Crippen LogP contribution in [0, 0.1) is 0 Å². The van der Waals surface area contributed by atoms with Crippen LogP contribution < -0.4 is 16.0 Å². The fourth-order valence-corrected chi connectivity index (χ4v) is 2.21. The second-order valence-electron chi connectivity index (χ2n) is 4.95. The molecule has 2 aromatic carbocycles. The van der Waals surface area contributed by atoms with Crippen molar-refractivity contribution in [2.75, 3.05) is 13.2 Å². The first-order chi connectivity index (χ1) is 10.8. The second kappa shape index (κ2) is 6.41. The van der Waals surface area contributed by atoms with E-state index in [0.29, 0.717) is 29.9 Å². The molecule has 0 spiro atoms. The zero-order chi connectivity index (χ0) is 15.4. The summed E-state index contributed by atoms with van der Waals surface area (Å²) >= 11 is 0. The molecule has 1 aromatic heterocycles. The van der Waals surface area contributed by atoms with E-state index in [-0.39, 0.29) is 5.56 Å². The Bertz CT molecular complexity index is 825. The number of para-hydroxylation sites is 1. The van der Waals surface area contributed by atoms with E-state index in [1.807, 2.05) is 42.5 Å². The van der Waals surface area contributed by atoms with Crippen molar-refractivity contribution in [2.24, 2.45) is 5.73 Å². The van der Waals surface area contributed by atoms with Crippen molar-refractivity contribution in [3.8, 4) is 17.1 Å². The Balaban J connectivity index is 1.89. The number of H-pyrrole nitrogens is 1. The van der Waals surface area contributed by atoms with Gasteiger partial charge in [-0.1, -0.05) is 12.1 Å². The lowest BCUT2D eigenvalue weighted by Gasteiger charge is -2.07. The third-order valence-electron chi connectivity index (χ3n) is 3.36. The van der Waals surface area contributed by atoms with Gasteiger partial charge in [-0.3, -0.25) is 4.79 Å². The topological polar surface area (TPSA) is 81.0 Å². The van der Waals surface area contributed by atoms with E-state index < -0.39 is 0 Å². The van der Waals surface area contributed by atoms with Crippen LogP contribution in [-0.2, 0) is 0 Å². The van der Waals surface area contributed by atoms with E-state index in [9.17, 15) is 4.79 Å². The van der Waals surface area contributed by atoms with Crippen LogP contribution in [0.4, 0.5) is 0 Å². The van der Waals surface area contributed by atoms with Crippen LogP contribution in [-0.4, -0.2) is 23.1 Å². The van der Waals surface area contributed by atoms with Crippen LogP contribution >= 0.6 is 0 Å². The van der Waals surface area contributed by atoms with Crippen molar-refractivity contribution in [2.45, 2.75) is 6.42 Å². The first-order valence-electron chi connectivity index (χ1n) is 7.20. The molecule has 0 fully saturated rings. The molecule has 22 heavy (non-hydrogen) atoms. The molecule has 3 aromatic rings. The van der Waals surface area contributed by atoms with Gasteiger partial charge in [-0.05, 0) is 49.4 Å². The lowest BCUT2D eigenvalue weighted by molar-refractivity contribution is 0.313. The number of rotatable bonds is 5. The van der Waals surface area contributed by atoms with E-state index in [4.69, 9.17) is 10.5 Å². The quantitative estimate of drug-likeness (QED) is 0.708. The molecule has 3 rings (SSSR count). The predicted molar refractivity (Wildman–Crippen MR) is 87.0 cm³/mol. The van der Waals surface area contributed by atoms with Gasteiger partial charge in [0.05, 0.1) is 17.5 Å². The highest BCUT2D eigenvalue weighted by molar-refractivity contribution is 5.79. The van der Waals surface area contributed by atoms with Gasteiger partial charge in [0.25, 0.3) is 5.56 Å². The number of nitrogens with one attached hydrogen (secondary N) is 1. The summed E-state index contributed by atoms with van der Waals surface area (Å²) in [6.45, 7) is 1.21. The van der Waals surface area contributed by atoms with Crippen molar-refractivity contribution < 1.29 is 4.74 Å². The molecule has 1 heterocycles. The normalized spacial score (nSPS) is 10.8. The molecule has 5 heteroatoms. The third kappa shape index (κ3) is 2.99. The summed E-state index contributed by atoms with van der Waals surface area (Å²) in [7, 11) is 0. The monoisotopic (exact) mass is 295 g/mol. The van der Waals surface area contributed by atoms with E-state index >= 15 is 0 Å². The summed E-state index contributed by atoms with van der Waals surface area (Å²) in [5, 5.41) is 0.591. The minimum absolute atomic E-state index is 0.135.